The second-order valence-electron chi connectivity index (χ2n) is 6.62. The van der Waals surface area contributed by atoms with Gasteiger partial charge in [-0.3, -0.25) is 4.79 Å². The molecule has 1 aromatic carbocycles. The first-order chi connectivity index (χ1) is 12.1. The molecule has 3 heteroatoms. The maximum atomic E-state index is 11.9. The number of aromatic amines is 1. The Balaban J connectivity index is 1.69. The highest BCUT2D eigenvalue weighted by Gasteiger charge is 2.09. The molecule has 0 atom stereocenters. The SMILES string of the molecule is CCc1cc(-c2ccc(CCCc3cccc(C)c3)s2)c(C)[nH]c1=O. The molecule has 0 unspecified atom stereocenters. The van der Waals surface area contributed by atoms with E-state index < -0.39 is 0 Å². The fourth-order valence-corrected chi connectivity index (χ4v) is 4.30. The number of benzene rings is 1. The van der Waals surface area contributed by atoms with Crippen LogP contribution in [0.3, 0.4) is 0 Å². The van der Waals surface area contributed by atoms with Crippen LogP contribution >= 0.6 is 11.3 Å². The van der Waals surface area contributed by atoms with Crippen LogP contribution in [0.15, 0.2) is 47.3 Å². The highest BCUT2D eigenvalue weighted by Crippen LogP contribution is 2.30. The van der Waals surface area contributed by atoms with Crippen molar-refractivity contribution in [1.82, 2.24) is 4.98 Å². The molecule has 0 aliphatic rings. The van der Waals surface area contributed by atoms with Gasteiger partial charge >= 0.3 is 0 Å². The van der Waals surface area contributed by atoms with E-state index in [0.717, 1.165) is 42.5 Å². The Morgan fingerprint density at radius 1 is 1.04 bits per heavy atom. The monoisotopic (exact) mass is 351 g/mol. The zero-order valence-electron chi connectivity index (χ0n) is 15.2. The number of hydrogen-bond donors (Lipinski definition) is 1. The molecule has 0 radical (unpaired) electrons. The predicted octanol–water partition coefficient (Wildman–Crippen LogP) is 5.46. The fraction of sp³-hybridized carbons (Fsp3) is 0.318. The highest BCUT2D eigenvalue weighted by atomic mass is 32.1. The summed E-state index contributed by atoms with van der Waals surface area (Å²) in [5.74, 6) is 0. The molecule has 3 aromatic rings. The van der Waals surface area contributed by atoms with Crippen LogP contribution in [0.2, 0.25) is 0 Å². The molecule has 3 rings (SSSR count). The van der Waals surface area contributed by atoms with Crippen LogP contribution in [0.4, 0.5) is 0 Å². The predicted molar refractivity (Wildman–Crippen MR) is 108 cm³/mol. The van der Waals surface area contributed by atoms with Gasteiger partial charge in [-0.1, -0.05) is 36.8 Å². The summed E-state index contributed by atoms with van der Waals surface area (Å²) in [6.07, 6.45) is 4.14. The van der Waals surface area contributed by atoms with Crippen molar-refractivity contribution < 1.29 is 0 Å². The number of aryl methyl sites for hydroxylation is 5. The number of hydrogen-bond acceptors (Lipinski definition) is 2. The number of nitrogens with one attached hydrogen (secondary N) is 1. The summed E-state index contributed by atoms with van der Waals surface area (Å²) in [5, 5.41) is 0. The van der Waals surface area contributed by atoms with Crippen LogP contribution in [0.5, 0.6) is 0 Å². The van der Waals surface area contributed by atoms with E-state index in [9.17, 15) is 4.79 Å². The van der Waals surface area contributed by atoms with Crippen molar-refractivity contribution in [3.63, 3.8) is 0 Å². The van der Waals surface area contributed by atoms with E-state index in [0.29, 0.717) is 0 Å². The lowest BCUT2D eigenvalue weighted by atomic mass is 10.1. The molecule has 0 bridgehead atoms. The van der Waals surface area contributed by atoms with E-state index in [2.05, 4.69) is 54.4 Å². The molecule has 25 heavy (non-hydrogen) atoms. The molecular formula is C22H25NOS. The van der Waals surface area contributed by atoms with Gasteiger partial charge in [0.25, 0.3) is 5.56 Å². The molecule has 130 valence electrons. The molecule has 0 amide bonds. The first kappa shape index (κ1) is 17.7. The summed E-state index contributed by atoms with van der Waals surface area (Å²) in [6.45, 7) is 6.15. The largest absolute Gasteiger partial charge is 0.326 e. The van der Waals surface area contributed by atoms with Crippen LogP contribution < -0.4 is 5.56 Å². The van der Waals surface area contributed by atoms with E-state index >= 15 is 0 Å². The molecule has 0 fully saturated rings. The average Bonchev–Trinajstić information content (AvgIpc) is 3.04. The van der Waals surface area contributed by atoms with E-state index in [1.54, 1.807) is 0 Å². The van der Waals surface area contributed by atoms with Crippen molar-refractivity contribution in [3.8, 4) is 10.4 Å². The molecule has 2 heterocycles. The van der Waals surface area contributed by atoms with Crippen LogP contribution in [0.1, 0.15) is 40.6 Å². The van der Waals surface area contributed by atoms with E-state index in [-0.39, 0.29) is 5.56 Å². The number of pyridine rings is 1. The Hall–Kier alpha value is -2.13. The van der Waals surface area contributed by atoms with Gasteiger partial charge in [0.15, 0.2) is 0 Å². The fourth-order valence-electron chi connectivity index (χ4n) is 3.18. The molecule has 2 aromatic heterocycles. The third-order valence-electron chi connectivity index (χ3n) is 4.59. The maximum Gasteiger partial charge on any atom is 0.251 e. The van der Waals surface area contributed by atoms with Gasteiger partial charge in [-0.05, 0) is 63.3 Å². The van der Waals surface area contributed by atoms with Gasteiger partial charge in [-0.25, -0.2) is 0 Å². The zero-order chi connectivity index (χ0) is 17.8. The number of thiophene rings is 1. The third kappa shape index (κ3) is 4.29. The van der Waals surface area contributed by atoms with Gasteiger partial charge in [-0.2, -0.15) is 0 Å². The second-order valence-corrected chi connectivity index (χ2v) is 7.79. The zero-order valence-corrected chi connectivity index (χ0v) is 16.0. The third-order valence-corrected chi connectivity index (χ3v) is 5.77. The minimum Gasteiger partial charge on any atom is -0.326 e. The summed E-state index contributed by atoms with van der Waals surface area (Å²) < 4.78 is 0. The first-order valence-electron chi connectivity index (χ1n) is 8.94. The summed E-state index contributed by atoms with van der Waals surface area (Å²) in [4.78, 5) is 17.5. The summed E-state index contributed by atoms with van der Waals surface area (Å²) in [6, 6.07) is 15.2. The van der Waals surface area contributed by atoms with Gasteiger partial charge in [0.05, 0.1) is 0 Å². The molecular weight excluding hydrogens is 326 g/mol. The van der Waals surface area contributed by atoms with Gasteiger partial charge in [-0.15, -0.1) is 11.3 Å². The molecule has 0 saturated carbocycles. The maximum absolute atomic E-state index is 11.9. The Morgan fingerprint density at radius 3 is 2.64 bits per heavy atom. The van der Waals surface area contributed by atoms with E-state index in [1.165, 1.54) is 20.9 Å². The molecule has 2 nitrogen and oxygen atoms in total. The lowest BCUT2D eigenvalue weighted by molar-refractivity contribution is 0.830. The lowest BCUT2D eigenvalue weighted by Gasteiger charge is -2.05. The number of H-pyrrole nitrogens is 1. The first-order valence-corrected chi connectivity index (χ1v) is 9.76. The minimum absolute atomic E-state index is 0.0404. The smallest absolute Gasteiger partial charge is 0.251 e. The van der Waals surface area contributed by atoms with Crippen LogP contribution in [0.25, 0.3) is 10.4 Å². The van der Waals surface area contributed by atoms with E-state index in [4.69, 9.17) is 0 Å². The van der Waals surface area contributed by atoms with Crippen LogP contribution in [0, 0.1) is 13.8 Å². The van der Waals surface area contributed by atoms with Crippen molar-refractivity contribution in [3.05, 3.63) is 80.1 Å². The Bertz CT molecular complexity index is 920. The summed E-state index contributed by atoms with van der Waals surface area (Å²) in [5.41, 5.74) is 5.76. The van der Waals surface area contributed by atoms with Gasteiger partial charge in [0, 0.05) is 26.6 Å². The lowest BCUT2D eigenvalue weighted by Crippen LogP contribution is -2.13. The van der Waals surface area contributed by atoms with Crippen LogP contribution in [-0.2, 0) is 19.3 Å². The van der Waals surface area contributed by atoms with Crippen molar-refractivity contribution in [2.45, 2.75) is 46.5 Å². The van der Waals surface area contributed by atoms with Gasteiger partial charge in [0.2, 0.25) is 0 Å². The van der Waals surface area contributed by atoms with Gasteiger partial charge in [0.1, 0.15) is 0 Å². The van der Waals surface area contributed by atoms with Crippen molar-refractivity contribution in [2.24, 2.45) is 0 Å². The standard InChI is InChI=1S/C22H25NOS/c1-4-18-14-20(16(3)23-22(18)24)21-12-11-19(25-21)10-6-9-17-8-5-7-15(2)13-17/h5,7-8,11-14H,4,6,9-10H2,1-3H3,(H,23,24). The molecule has 1 N–H and O–H groups in total. The van der Waals surface area contributed by atoms with Crippen molar-refractivity contribution in [1.29, 1.82) is 0 Å². The van der Waals surface area contributed by atoms with Gasteiger partial charge < -0.3 is 4.98 Å². The Kier molecular flexibility index (Phi) is 5.54. The van der Waals surface area contributed by atoms with Crippen LogP contribution in [-0.4, -0.2) is 4.98 Å². The topological polar surface area (TPSA) is 32.9 Å². The second kappa shape index (κ2) is 7.83. The van der Waals surface area contributed by atoms with Crippen molar-refractivity contribution in [2.75, 3.05) is 0 Å². The molecule has 0 spiro atoms. The van der Waals surface area contributed by atoms with Crippen molar-refractivity contribution >= 4 is 11.3 Å². The summed E-state index contributed by atoms with van der Waals surface area (Å²) >= 11 is 1.84. The highest BCUT2D eigenvalue weighted by molar-refractivity contribution is 7.15. The quantitative estimate of drug-likeness (QED) is 0.628. The van der Waals surface area contributed by atoms with E-state index in [1.807, 2.05) is 25.2 Å². The summed E-state index contributed by atoms with van der Waals surface area (Å²) in [7, 11) is 0. The Labute approximate surface area is 153 Å². The molecule has 0 saturated heterocycles. The number of rotatable bonds is 6. The molecule has 0 aliphatic carbocycles. The number of aromatic nitrogens is 1. The minimum atomic E-state index is 0.0404. The normalized spacial score (nSPS) is 11.0. The molecule has 0 aliphatic heterocycles. The Morgan fingerprint density at radius 2 is 1.88 bits per heavy atom. The average molecular weight is 352 g/mol.